The van der Waals surface area contributed by atoms with Crippen LogP contribution in [0.5, 0.6) is 0 Å². The second-order valence-electron chi connectivity index (χ2n) is 6.36. The van der Waals surface area contributed by atoms with Crippen molar-refractivity contribution < 1.29 is 9.72 Å². The zero-order chi connectivity index (χ0) is 18.7. The summed E-state index contributed by atoms with van der Waals surface area (Å²) in [5.74, 6) is 0.264. The van der Waals surface area contributed by atoms with Gasteiger partial charge in [0.25, 0.3) is 0 Å². The molecule has 1 amide bonds. The van der Waals surface area contributed by atoms with Crippen LogP contribution in [0.1, 0.15) is 12.5 Å². The van der Waals surface area contributed by atoms with Crippen LogP contribution < -0.4 is 4.90 Å². The number of carbonyl (C=O) groups excluding carboxylic acids is 1. The number of anilines is 1. The van der Waals surface area contributed by atoms with Crippen LogP contribution in [0.15, 0.2) is 40.6 Å². The first-order chi connectivity index (χ1) is 12.5. The molecule has 6 nitrogen and oxygen atoms in total. The number of nitrogens with zero attached hydrogens (tertiary/aromatic N) is 3. The van der Waals surface area contributed by atoms with E-state index in [0.29, 0.717) is 18.0 Å². The van der Waals surface area contributed by atoms with E-state index in [4.69, 9.17) is 0 Å². The van der Waals surface area contributed by atoms with Gasteiger partial charge in [-0.2, -0.15) is 0 Å². The third kappa shape index (κ3) is 4.19. The minimum atomic E-state index is -0.389. The van der Waals surface area contributed by atoms with Crippen LogP contribution in [0.25, 0.3) is 0 Å². The highest BCUT2D eigenvalue weighted by atomic mass is 32.2. The van der Waals surface area contributed by atoms with Crippen molar-refractivity contribution in [3.8, 4) is 0 Å². The first kappa shape index (κ1) is 18.7. The molecule has 1 aromatic carbocycles. The Labute approximate surface area is 160 Å². The third-order valence-electron chi connectivity index (χ3n) is 4.44. The van der Waals surface area contributed by atoms with Crippen LogP contribution in [-0.4, -0.2) is 47.2 Å². The summed E-state index contributed by atoms with van der Waals surface area (Å²) in [4.78, 5) is 27.9. The Kier molecular flexibility index (Phi) is 5.83. The topological polar surface area (TPSA) is 66.7 Å². The molecule has 0 bridgehead atoms. The molecule has 1 saturated heterocycles. The van der Waals surface area contributed by atoms with E-state index in [0.717, 1.165) is 17.9 Å². The summed E-state index contributed by atoms with van der Waals surface area (Å²) < 4.78 is 0. The number of thiophene rings is 1. The molecule has 138 valence electrons. The predicted molar refractivity (Wildman–Crippen MR) is 106 cm³/mol. The molecule has 0 radical (unpaired) electrons. The lowest BCUT2D eigenvalue weighted by atomic mass is 10.1. The standard InChI is InChI=1S/C18H21N3O3S2/c1-13-4-3-5-15(10-13)20-8-7-19(11-14(20)2)17(22)12-26-16-6-9-25-18(16)21(23)24/h3-6,9-10,14H,7-8,11-12H2,1-2H3/t14-/m0/s1. The van der Waals surface area contributed by atoms with E-state index in [9.17, 15) is 14.9 Å². The van der Waals surface area contributed by atoms with E-state index >= 15 is 0 Å². The molecule has 0 spiro atoms. The maximum Gasteiger partial charge on any atom is 0.337 e. The molecule has 0 N–H and O–H groups in total. The SMILES string of the molecule is Cc1cccc(N2CCN(C(=O)CSc3ccsc3[N+](=O)[O-])C[C@@H]2C)c1. The summed E-state index contributed by atoms with van der Waals surface area (Å²) in [5, 5.41) is 12.8. The molecule has 2 aromatic rings. The Morgan fingerprint density at radius 3 is 2.88 bits per heavy atom. The predicted octanol–water partition coefficient (Wildman–Crippen LogP) is 3.79. The Balaban J connectivity index is 1.57. The van der Waals surface area contributed by atoms with Gasteiger partial charge in [-0.25, -0.2) is 0 Å². The molecule has 0 saturated carbocycles. The number of rotatable bonds is 5. The van der Waals surface area contributed by atoms with Gasteiger partial charge in [0, 0.05) is 31.4 Å². The maximum atomic E-state index is 12.5. The average molecular weight is 392 g/mol. The molecule has 0 aliphatic carbocycles. The number of thioether (sulfide) groups is 1. The molecule has 26 heavy (non-hydrogen) atoms. The molecular formula is C18H21N3O3S2. The van der Waals surface area contributed by atoms with Crippen molar-refractivity contribution in [1.29, 1.82) is 0 Å². The van der Waals surface area contributed by atoms with Crippen LogP contribution in [0.2, 0.25) is 0 Å². The second kappa shape index (κ2) is 8.09. The number of nitro groups is 1. The van der Waals surface area contributed by atoms with Gasteiger partial charge >= 0.3 is 5.00 Å². The molecule has 8 heteroatoms. The van der Waals surface area contributed by atoms with Crippen LogP contribution in [0.4, 0.5) is 10.7 Å². The Hall–Kier alpha value is -2.06. The van der Waals surface area contributed by atoms with Gasteiger partial charge in [0.15, 0.2) is 0 Å². The van der Waals surface area contributed by atoms with Crippen LogP contribution in [-0.2, 0) is 4.79 Å². The van der Waals surface area contributed by atoms with Crippen molar-refractivity contribution in [1.82, 2.24) is 4.90 Å². The van der Waals surface area contributed by atoms with Gasteiger partial charge in [-0.05, 0) is 43.0 Å². The van der Waals surface area contributed by atoms with Crippen molar-refractivity contribution in [2.24, 2.45) is 0 Å². The minimum Gasteiger partial charge on any atom is -0.365 e. The largest absolute Gasteiger partial charge is 0.365 e. The van der Waals surface area contributed by atoms with Gasteiger partial charge in [0.2, 0.25) is 5.91 Å². The molecule has 1 aromatic heterocycles. The fourth-order valence-electron chi connectivity index (χ4n) is 3.14. The molecule has 3 rings (SSSR count). The Bertz CT molecular complexity index is 808. The summed E-state index contributed by atoms with van der Waals surface area (Å²) in [7, 11) is 0. The van der Waals surface area contributed by atoms with Gasteiger partial charge in [-0.15, -0.1) is 11.8 Å². The molecule has 2 heterocycles. The van der Waals surface area contributed by atoms with Gasteiger partial charge in [0.1, 0.15) is 0 Å². The van der Waals surface area contributed by atoms with Crippen molar-refractivity contribution in [2.45, 2.75) is 24.8 Å². The van der Waals surface area contributed by atoms with Gasteiger partial charge in [-0.3, -0.25) is 14.9 Å². The number of benzene rings is 1. The summed E-state index contributed by atoms with van der Waals surface area (Å²) in [6.45, 7) is 6.33. The summed E-state index contributed by atoms with van der Waals surface area (Å²) in [6, 6.07) is 10.3. The zero-order valence-corrected chi connectivity index (χ0v) is 16.4. The molecular weight excluding hydrogens is 370 g/mol. The number of aryl methyl sites for hydroxylation is 1. The van der Waals surface area contributed by atoms with Crippen molar-refractivity contribution in [2.75, 3.05) is 30.3 Å². The molecule has 0 unspecified atom stereocenters. The number of carbonyl (C=O) groups is 1. The lowest BCUT2D eigenvalue weighted by Crippen LogP contribution is -2.54. The van der Waals surface area contributed by atoms with Crippen LogP contribution in [0.3, 0.4) is 0 Å². The van der Waals surface area contributed by atoms with E-state index in [1.807, 2.05) is 4.90 Å². The van der Waals surface area contributed by atoms with Crippen molar-refractivity contribution in [3.05, 3.63) is 51.4 Å². The molecule has 1 fully saturated rings. The number of piperazine rings is 1. The smallest absolute Gasteiger partial charge is 0.337 e. The highest BCUT2D eigenvalue weighted by molar-refractivity contribution is 8.00. The number of amides is 1. The molecule has 1 aliphatic heterocycles. The van der Waals surface area contributed by atoms with Gasteiger partial charge < -0.3 is 9.80 Å². The van der Waals surface area contributed by atoms with Crippen LogP contribution >= 0.6 is 23.1 Å². The lowest BCUT2D eigenvalue weighted by molar-refractivity contribution is -0.382. The molecule has 1 atom stereocenters. The van der Waals surface area contributed by atoms with E-state index in [2.05, 4.69) is 43.0 Å². The van der Waals surface area contributed by atoms with Crippen molar-refractivity contribution >= 4 is 39.7 Å². The fraction of sp³-hybridized carbons (Fsp3) is 0.389. The maximum absolute atomic E-state index is 12.5. The van der Waals surface area contributed by atoms with E-state index in [-0.39, 0.29) is 27.6 Å². The summed E-state index contributed by atoms with van der Waals surface area (Å²) >= 11 is 2.34. The second-order valence-corrected chi connectivity index (χ2v) is 8.27. The summed E-state index contributed by atoms with van der Waals surface area (Å²) in [5.41, 5.74) is 2.41. The zero-order valence-electron chi connectivity index (χ0n) is 14.8. The van der Waals surface area contributed by atoms with E-state index in [1.54, 1.807) is 11.4 Å². The van der Waals surface area contributed by atoms with E-state index < -0.39 is 0 Å². The van der Waals surface area contributed by atoms with Crippen molar-refractivity contribution in [3.63, 3.8) is 0 Å². The molecule has 1 aliphatic rings. The number of hydrogen-bond donors (Lipinski definition) is 0. The Morgan fingerprint density at radius 1 is 1.38 bits per heavy atom. The first-order valence-corrected chi connectivity index (χ1v) is 10.3. The first-order valence-electron chi connectivity index (χ1n) is 8.41. The highest BCUT2D eigenvalue weighted by Gasteiger charge is 2.27. The summed E-state index contributed by atoms with van der Waals surface area (Å²) in [6.07, 6.45) is 0. The lowest BCUT2D eigenvalue weighted by Gasteiger charge is -2.41. The highest BCUT2D eigenvalue weighted by Crippen LogP contribution is 2.34. The fourth-order valence-corrected chi connectivity index (χ4v) is 4.97. The third-order valence-corrected chi connectivity index (χ3v) is 6.47. The van der Waals surface area contributed by atoms with Gasteiger partial charge in [0.05, 0.1) is 15.6 Å². The quantitative estimate of drug-likeness (QED) is 0.441. The average Bonchev–Trinajstić information content (AvgIpc) is 3.08. The monoisotopic (exact) mass is 391 g/mol. The normalized spacial score (nSPS) is 17.4. The van der Waals surface area contributed by atoms with Gasteiger partial charge in [-0.1, -0.05) is 23.5 Å². The van der Waals surface area contributed by atoms with Crippen LogP contribution in [0, 0.1) is 17.0 Å². The number of hydrogen-bond acceptors (Lipinski definition) is 6. The minimum absolute atomic E-state index is 0.0336. The Morgan fingerprint density at radius 2 is 2.19 bits per heavy atom. The van der Waals surface area contributed by atoms with E-state index in [1.165, 1.54) is 23.0 Å².